The lowest BCUT2D eigenvalue weighted by molar-refractivity contribution is -0.190. The van der Waals surface area contributed by atoms with E-state index in [-0.39, 0.29) is 31.5 Å². The highest BCUT2D eigenvalue weighted by Crippen LogP contribution is 2.28. The van der Waals surface area contributed by atoms with Crippen LogP contribution < -0.4 is 10.1 Å². The van der Waals surface area contributed by atoms with Crippen molar-refractivity contribution in [3.63, 3.8) is 0 Å². The van der Waals surface area contributed by atoms with Crippen molar-refractivity contribution in [2.75, 3.05) is 25.1 Å². The highest BCUT2D eigenvalue weighted by molar-refractivity contribution is 6.32. The number of carbonyl (C=O) groups excluding carboxylic acids is 1. The first-order valence-corrected chi connectivity index (χ1v) is 11.6. The van der Waals surface area contributed by atoms with Gasteiger partial charge in [-0.25, -0.2) is 19.6 Å². The van der Waals surface area contributed by atoms with E-state index in [9.17, 15) is 9.90 Å². The van der Waals surface area contributed by atoms with E-state index in [0.717, 1.165) is 0 Å². The minimum atomic E-state index is -1.34. The van der Waals surface area contributed by atoms with Crippen LogP contribution in [0.25, 0.3) is 16.7 Å². The molecule has 0 aliphatic rings. The average Bonchev–Trinajstić information content (AvgIpc) is 3.31. The largest absolute Gasteiger partial charge is 0.458 e. The molecule has 36 heavy (non-hydrogen) atoms. The van der Waals surface area contributed by atoms with E-state index in [0.29, 0.717) is 26.8 Å². The molecule has 0 aliphatic carbocycles. The fraction of sp³-hybridized carbons (Fsp3) is 0.261. The van der Waals surface area contributed by atoms with E-state index >= 15 is 0 Å². The van der Waals surface area contributed by atoms with E-state index in [1.54, 1.807) is 35.9 Å². The summed E-state index contributed by atoms with van der Waals surface area (Å²) in [6.07, 6.45) is 1.68. The number of halogens is 2. The van der Waals surface area contributed by atoms with E-state index < -0.39 is 18.3 Å². The van der Waals surface area contributed by atoms with Crippen LogP contribution in [-0.2, 0) is 14.3 Å². The summed E-state index contributed by atoms with van der Waals surface area (Å²) in [5.41, 5.74) is 1.02. The number of hydrogen-bond acceptors (Lipinski definition) is 9. The molecule has 11 nitrogen and oxygen atoms in total. The molecule has 3 heterocycles. The van der Waals surface area contributed by atoms with Gasteiger partial charge >= 0.3 is 0 Å². The zero-order valence-electron chi connectivity index (χ0n) is 19.0. The number of hydrogen-bond donors (Lipinski definition) is 2. The molecule has 4 aromatic rings. The SMILES string of the molecule is CCOC(OCCO)[C@H](Oc1ncnc2c1cnn2-c1ccccc1Cl)C(=O)Nc1ccc(Cl)cn1. The van der Waals surface area contributed by atoms with Crippen molar-refractivity contribution in [3.8, 4) is 11.6 Å². The normalized spacial score (nSPS) is 12.9. The summed E-state index contributed by atoms with van der Waals surface area (Å²) < 4.78 is 18.8. The summed E-state index contributed by atoms with van der Waals surface area (Å²) in [5, 5.41) is 17.6. The Hall–Kier alpha value is -3.35. The van der Waals surface area contributed by atoms with Crippen LogP contribution >= 0.6 is 23.2 Å². The van der Waals surface area contributed by atoms with Crippen molar-refractivity contribution >= 4 is 46.0 Å². The Bertz CT molecular complexity index is 1320. The molecule has 0 radical (unpaired) electrons. The first-order valence-electron chi connectivity index (χ1n) is 10.9. The van der Waals surface area contributed by atoms with Crippen LogP contribution in [0.4, 0.5) is 5.82 Å². The van der Waals surface area contributed by atoms with Crippen LogP contribution in [0.5, 0.6) is 5.88 Å². The Morgan fingerprint density at radius 2 is 1.94 bits per heavy atom. The van der Waals surface area contributed by atoms with Gasteiger partial charge in [-0.3, -0.25) is 4.79 Å². The van der Waals surface area contributed by atoms with E-state index in [1.165, 1.54) is 24.8 Å². The first-order chi connectivity index (χ1) is 17.5. The zero-order chi connectivity index (χ0) is 25.5. The topological polar surface area (TPSA) is 134 Å². The predicted molar refractivity (Wildman–Crippen MR) is 132 cm³/mol. The van der Waals surface area contributed by atoms with Crippen LogP contribution in [0.3, 0.4) is 0 Å². The van der Waals surface area contributed by atoms with Gasteiger partial charge in [0.2, 0.25) is 18.3 Å². The van der Waals surface area contributed by atoms with Crippen LogP contribution in [-0.4, -0.2) is 68.0 Å². The molecule has 1 aromatic carbocycles. The molecular weight excluding hydrogens is 511 g/mol. The van der Waals surface area contributed by atoms with Gasteiger partial charge in [0.15, 0.2) is 5.65 Å². The number of para-hydroxylation sites is 1. The van der Waals surface area contributed by atoms with Crippen LogP contribution in [0, 0.1) is 0 Å². The van der Waals surface area contributed by atoms with Gasteiger partial charge in [0, 0.05) is 12.8 Å². The molecule has 1 unspecified atom stereocenters. The summed E-state index contributed by atoms with van der Waals surface area (Å²) in [7, 11) is 0. The number of amides is 1. The fourth-order valence-electron chi connectivity index (χ4n) is 3.27. The molecule has 3 aromatic heterocycles. The molecule has 0 fully saturated rings. The van der Waals surface area contributed by atoms with Gasteiger partial charge in [0.1, 0.15) is 17.5 Å². The van der Waals surface area contributed by atoms with Crippen molar-refractivity contribution in [3.05, 3.63) is 65.2 Å². The number of nitrogens with one attached hydrogen (secondary N) is 1. The van der Waals surface area contributed by atoms with E-state index in [1.807, 2.05) is 6.07 Å². The number of anilines is 1. The summed E-state index contributed by atoms with van der Waals surface area (Å²) >= 11 is 12.2. The van der Waals surface area contributed by atoms with Crippen molar-refractivity contribution in [2.24, 2.45) is 0 Å². The number of ether oxygens (including phenoxy) is 3. The quantitative estimate of drug-likeness (QED) is 0.279. The minimum absolute atomic E-state index is 0.0693. The maximum Gasteiger partial charge on any atom is 0.272 e. The highest BCUT2D eigenvalue weighted by atomic mass is 35.5. The summed E-state index contributed by atoms with van der Waals surface area (Å²) in [5.74, 6) is -0.305. The number of benzene rings is 1. The number of nitrogens with zero attached hydrogens (tertiary/aromatic N) is 5. The van der Waals surface area contributed by atoms with E-state index in [4.69, 9.17) is 37.4 Å². The molecule has 0 saturated heterocycles. The van der Waals surface area contributed by atoms with Gasteiger partial charge in [-0.15, -0.1) is 0 Å². The average molecular weight is 533 g/mol. The third kappa shape index (κ3) is 5.89. The Morgan fingerprint density at radius 1 is 1.11 bits per heavy atom. The first kappa shape index (κ1) is 25.7. The molecule has 1 amide bonds. The molecule has 0 saturated carbocycles. The second kappa shape index (κ2) is 12.1. The summed E-state index contributed by atoms with van der Waals surface area (Å²) in [4.78, 5) is 25.9. The minimum Gasteiger partial charge on any atom is -0.458 e. The highest BCUT2D eigenvalue weighted by Gasteiger charge is 2.34. The Kier molecular flexibility index (Phi) is 8.62. The molecule has 0 aliphatic heterocycles. The second-order valence-corrected chi connectivity index (χ2v) is 8.08. The zero-order valence-corrected chi connectivity index (χ0v) is 20.6. The number of aliphatic hydroxyl groups excluding tert-OH is 1. The summed E-state index contributed by atoms with van der Waals surface area (Å²) in [6, 6.07) is 10.3. The maximum absolute atomic E-state index is 13.3. The standard InChI is InChI=1S/C23H22Cl2N6O5/c1-2-34-23(35-10-9-32)19(21(33)30-18-8-7-14(24)11-26-18)36-22-15-12-29-31(20(15)27-13-28-22)17-6-4-3-5-16(17)25/h3-8,11-13,19,23,32H,2,9-10H2,1H3,(H,26,30,33)/t19-,23?/m1/s1. The van der Waals surface area contributed by atoms with Crippen LogP contribution in [0.2, 0.25) is 10.0 Å². The lowest BCUT2D eigenvalue weighted by atomic mass is 10.3. The molecule has 0 spiro atoms. The molecule has 4 rings (SSSR count). The summed E-state index contributed by atoms with van der Waals surface area (Å²) in [6.45, 7) is 1.59. The van der Waals surface area contributed by atoms with Crippen molar-refractivity contribution in [2.45, 2.75) is 19.3 Å². The molecule has 188 valence electrons. The molecular formula is C23H22Cl2N6O5. The third-order valence-electron chi connectivity index (χ3n) is 4.84. The molecule has 13 heteroatoms. The molecule has 0 bridgehead atoms. The maximum atomic E-state index is 13.3. The number of fused-ring (bicyclic) bond motifs is 1. The number of carbonyl (C=O) groups is 1. The van der Waals surface area contributed by atoms with Crippen molar-refractivity contribution in [1.82, 2.24) is 24.7 Å². The number of aromatic nitrogens is 5. The van der Waals surface area contributed by atoms with Crippen molar-refractivity contribution in [1.29, 1.82) is 0 Å². The number of aliphatic hydroxyl groups is 1. The van der Waals surface area contributed by atoms with Crippen LogP contribution in [0.15, 0.2) is 55.1 Å². The lowest BCUT2D eigenvalue weighted by Gasteiger charge is -2.26. The monoisotopic (exact) mass is 532 g/mol. The Labute approximate surface area is 216 Å². The predicted octanol–water partition coefficient (Wildman–Crippen LogP) is 3.27. The van der Waals surface area contributed by atoms with Gasteiger partial charge in [-0.2, -0.15) is 5.10 Å². The fourth-order valence-corrected chi connectivity index (χ4v) is 3.60. The van der Waals surface area contributed by atoms with Gasteiger partial charge in [-0.05, 0) is 31.2 Å². The van der Waals surface area contributed by atoms with Crippen LogP contribution in [0.1, 0.15) is 6.92 Å². The van der Waals surface area contributed by atoms with Crippen molar-refractivity contribution < 1.29 is 24.1 Å². The lowest BCUT2D eigenvalue weighted by Crippen LogP contribution is -2.46. The number of rotatable bonds is 11. The van der Waals surface area contributed by atoms with Gasteiger partial charge in [0.05, 0.1) is 35.1 Å². The molecule has 2 atom stereocenters. The third-order valence-corrected chi connectivity index (χ3v) is 5.38. The van der Waals surface area contributed by atoms with Gasteiger partial charge in [-0.1, -0.05) is 35.3 Å². The molecule has 2 N–H and O–H groups in total. The van der Waals surface area contributed by atoms with Gasteiger partial charge < -0.3 is 24.6 Å². The van der Waals surface area contributed by atoms with E-state index in [2.05, 4.69) is 25.4 Å². The smallest absolute Gasteiger partial charge is 0.272 e. The second-order valence-electron chi connectivity index (χ2n) is 7.23. The Balaban J connectivity index is 1.69. The van der Waals surface area contributed by atoms with Gasteiger partial charge in [0.25, 0.3) is 5.91 Å². The number of pyridine rings is 1. The Morgan fingerprint density at radius 3 is 2.67 bits per heavy atom.